The number of benzene rings is 2. The Balaban J connectivity index is 0.00000136. The second-order valence-corrected chi connectivity index (χ2v) is 14.9. The molecule has 0 radical (unpaired) electrons. The fraction of sp³-hybridized carbons (Fsp3) is 0.250. The van der Waals surface area contributed by atoms with E-state index in [1.54, 1.807) is 12.1 Å². The Morgan fingerprint density at radius 1 is 0.839 bits per heavy atom. The first-order valence-corrected chi connectivity index (χ1v) is 14.6. The zero-order chi connectivity index (χ0) is 19.8. The van der Waals surface area contributed by atoms with Gasteiger partial charge in [0.2, 0.25) is 0 Å². The van der Waals surface area contributed by atoms with Crippen LogP contribution in [0.15, 0.2) is 65.0 Å². The van der Waals surface area contributed by atoms with Crippen molar-refractivity contribution in [2.24, 2.45) is 0 Å². The molecule has 2 aromatic rings. The topological polar surface area (TPSA) is 0 Å². The molecule has 0 amide bonds. The van der Waals surface area contributed by atoms with Crippen LogP contribution in [0.2, 0.25) is 0 Å². The number of halogens is 2. The molecule has 0 bridgehead atoms. The summed E-state index contributed by atoms with van der Waals surface area (Å²) in [7, 11) is 0. The molecule has 0 nitrogen and oxygen atoms in total. The van der Waals surface area contributed by atoms with Gasteiger partial charge >= 0.3 is 183 Å². The zero-order valence-electron chi connectivity index (χ0n) is 17.9. The van der Waals surface area contributed by atoms with Crippen LogP contribution in [-0.2, 0) is 27.7 Å². The van der Waals surface area contributed by atoms with Crippen LogP contribution in [0.25, 0.3) is 23.3 Å². The van der Waals surface area contributed by atoms with E-state index < -0.39 is 21.3 Å². The van der Waals surface area contributed by atoms with Crippen molar-refractivity contribution in [1.29, 1.82) is 0 Å². The maximum absolute atomic E-state index is 4.13. The van der Waals surface area contributed by atoms with Crippen molar-refractivity contribution in [3.05, 3.63) is 87.3 Å². The van der Waals surface area contributed by atoms with Gasteiger partial charge in [0, 0.05) is 0 Å². The van der Waals surface area contributed by atoms with E-state index in [0.717, 1.165) is 6.42 Å². The third kappa shape index (κ3) is 4.61. The number of rotatable bonds is 4. The quantitative estimate of drug-likeness (QED) is 0.472. The van der Waals surface area contributed by atoms with E-state index >= 15 is 0 Å². The van der Waals surface area contributed by atoms with Gasteiger partial charge in [0.1, 0.15) is 0 Å². The average molecular weight is 527 g/mol. The summed E-state index contributed by atoms with van der Waals surface area (Å²) in [5, 5.41) is 0. The van der Waals surface area contributed by atoms with E-state index in [2.05, 4.69) is 61.7 Å². The van der Waals surface area contributed by atoms with Crippen molar-refractivity contribution < 1.29 is 46.1 Å². The molecule has 0 aliphatic heterocycles. The third-order valence-electron chi connectivity index (χ3n) is 6.71. The molecule has 0 N–H and O–H groups in total. The molecule has 0 saturated heterocycles. The van der Waals surface area contributed by atoms with E-state index in [4.69, 9.17) is 0 Å². The Morgan fingerprint density at radius 3 is 2.26 bits per heavy atom. The van der Waals surface area contributed by atoms with E-state index in [1.807, 2.05) is 15.4 Å². The number of fused-ring (bicyclic) bond motifs is 3. The number of hydrogen-bond donors (Lipinski definition) is 0. The van der Waals surface area contributed by atoms with Crippen molar-refractivity contribution in [1.82, 2.24) is 0 Å². The predicted molar refractivity (Wildman–Crippen MR) is 124 cm³/mol. The van der Waals surface area contributed by atoms with Crippen LogP contribution < -0.4 is 28.1 Å². The molecule has 1 fully saturated rings. The average Bonchev–Trinajstić information content (AvgIpc) is 3.42. The van der Waals surface area contributed by atoms with Gasteiger partial charge in [-0.05, 0) is 0 Å². The molecule has 0 heterocycles. The molecule has 0 aromatic heterocycles. The van der Waals surface area contributed by atoms with Gasteiger partial charge in [-0.3, -0.25) is 0 Å². The van der Waals surface area contributed by atoms with Gasteiger partial charge in [0.25, 0.3) is 0 Å². The van der Waals surface area contributed by atoms with Crippen molar-refractivity contribution in [2.45, 2.75) is 44.9 Å². The van der Waals surface area contributed by atoms with Crippen molar-refractivity contribution in [2.75, 3.05) is 0 Å². The largest absolute Gasteiger partial charge is 1.00 e. The fourth-order valence-corrected chi connectivity index (χ4v) is 13.7. The standard InChI is InChI=1S/C17H13.C6H10.C5H5.2ClH.Zr/c1-3-12-5-7-14-11-15-8-6-13(4-2)10-17(15)16(14)9-12;1-2-4-6-5-3-1;1-2-4-5-3-1;;;/h3-7,9-10H,1-2,11H2;1-5H2;1-3H,4H2;2*1H;/q;;;;;+2/p-2. The maximum Gasteiger partial charge on any atom is -1.00 e. The number of hydrogen-bond acceptors (Lipinski definition) is 0. The van der Waals surface area contributed by atoms with Crippen LogP contribution in [0.3, 0.4) is 0 Å². The van der Waals surface area contributed by atoms with Gasteiger partial charge in [-0.2, -0.15) is 0 Å². The molecule has 3 heteroatoms. The van der Waals surface area contributed by atoms with Gasteiger partial charge in [-0.1, -0.05) is 0 Å². The minimum Gasteiger partial charge on any atom is -1.00 e. The van der Waals surface area contributed by atoms with Crippen molar-refractivity contribution >= 4 is 18.6 Å². The van der Waals surface area contributed by atoms with Crippen LogP contribution >= 0.6 is 0 Å². The molecular formula is C28H28Cl2Zr. The molecule has 158 valence electrons. The first kappa shape index (κ1) is 24.4. The van der Waals surface area contributed by atoms with Crippen LogP contribution in [0.4, 0.5) is 0 Å². The van der Waals surface area contributed by atoms with Gasteiger partial charge in [-0.15, -0.1) is 0 Å². The Morgan fingerprint density at radius 2 is 1.58 bits per heavy atom. The molecule has 3 aliphatic rings. The minimum absolute atomic E-state index is 0. The van der Waals surface area contributed by atoms with E-state index in [0.29, 0.717) is 0 Å². The SMILES string of the molecule is C=Cc1ccc2c(c1)-c1cc(C=C)c[c]([Zr+2]([C]3=CC=CC3)=[C]3CCCCC3)c1C2.[Cl-].[Cl-]. The first-order chi connectivity index (χ1) is 14.3. The first-order valence-electron chi connectivity index (χ1n) is 10.9. The maximum atomic E-state index is 4.13. The summed E-state index contributed by atoms with van der Waals surface area (Å²) in [5.41, 5.74) is 8.46. The Hall–Kier alpha value is -1.27. The van der Waals surface area contributed by atoms with Crippen LogP contribution in [0, 0.1) is 0 Å². The summed E-state index contributed by atoms with van der Waals surface area (Å²) in [6.07, 6.45) is 20.3. The molecule has 5 rings (SSSR count). The van der Waals surface area contributed by atoms with Crippen molar-refractivity contribution in [3.8, 4) is 11.1 Å². The van der Waals surface area contributed by atoms with E-state index in [9.17, 15) is 0 Å². The monoisotopic (exact) mass is 524 g/mol. The normalized spacial score (nSPS) is 15.6. The molecule has 2 aromatic carbocycles. The Bertz CT molecular complexity index is 1110. The molecule has 0 atom stereocenters. The summed E-state index contributed by atoms with van der Waals surface area (Å²) in [4.78, 5) is 0. The third-order valence-corrected chi connectivity index (χ3v) is 14.6. The van der Waals surface area contributed by atoms with Crippen LogP contribution in [0.1, 0.15) is 60.8 Å². The van der Waals surface area contributed by atoms with E-state index in [-0.39, 0.29) is 24.8 Å². The Kier molecular flexibility index (Phi) is 8.31. The molecule has 31 heavy (non-hydrogen) atoms. The summed E-state index contributed by atoms with van der Waals surface area (Å²) in [5.74, 6) is 0. The minimum atomic E-state index is -2.06. The van der Waals surface area contributed by atoms with Crippen LogP contribution in [0.5, 0.6) is 0 Å². The molecule has 1 saturated carbocycles. The predicted octanol–water partition coefficient (Wildman–Crippen LogP) is 0.776. The van der Waals surface area contributed by atoms with Crippen LogP contribution in [-0.4, -0.2) is 3.21 Å². The zero-order valence-corrected chi connectivity index (χ0v) is 21.9. The smallest absolute Gasteiger partial charge is 1.00 e. The van der Waals surface area contributed by atoms with Crippen molar-refractivity contribution in [3.63, 3.8) is 0 Å². The molecule has 0 unspecified atom stereocenters. The summed E-state index contributed by atoms with van der Waals surface area (Å²) < 4.78 is 5.44. The second-order valence-electron chi connectivity index (χ2n) is 8.46. The summed E-state index contributed by atoms with van der Waals surface area (Å²) in [6.45, 7) is 8.11. The fourth-order valence-electron chi connectivity index (χ4n) is 5.23. The number of allylic oxidation sites excluding steroid dienone is 4. The summed E-state index contributed by atoms with van der Waals surface area (Å²) in [6, 6.07) is 11.7. The van der Waals surface area contributed by atoms with Gasteiger partial charge in [-0.25, -0.2) is 0 Å². The molecule has 3 aliphatic carbocycles. The van der Waals surface area contributed by atoms with Gasteiger partial charge < -0.3 is 24.8 Å². The molecule has 0 spiro atoms. The van der Waals surface area contributed by atoms with E-state index in [1.165, 1.54) is 66.3 Å². The molecular weight excluding hydrogens is 498 g/mol. The van der Waals surface area contributed by atoms with Gasteiger partial charge in [0.15, 0.2) is 0 Å². The van der Waals surface area contributed by atoms with Gasteiger partial charge in [0.05, 0.1) is 0 Å². The second kappa shape index (κ2) is 10.6. The Labute approximate surface area is 206 Å². The summed E-state index contributed by atoms with van der Waals surface area (Å²) >= 11 is -2.06.